The van der Waals surface area contributed by atoms with Crippen molar-refractivity contribution in [3.8, 4) is 5.75 Å². The van der Waals surface area contributed by atoms with Gasteiger partial charge in [-0.25, -0.2) is 9.07 Å². The van der Waals surface area contributed by atoms with Gasteiger partial charge in [0.2, 0.25) is 0 Å². The number of piperidine rings is 1. The second kappa shape index (κ2) is 9.21. The van der Waals surface area contributed by atoms with Gasteiger partial charge in [0, 0.05) is 30.3 Å². The summed E-state index contributed by atoms with van der Waals surface area (Å²) < 4.78 is 20.5. The molecule has 0 radical (unpaired) electrons. The van der Waals surface area contributed by atoms with E-state index < -0.39 is 11.7 Å². The number of amides is 2. The highest BCUT2D eigenvalue weighted by Crippen LogP contribution is 2.27. The van der Waals surface area contributed by atoms with Gasteiger partial charge < -0.3 is 15.0 Å². The van der Waals surface area contributed by atoms with E-state index in [1.807, 2.05) is 24.0 Å². The monoisotopic (exact) mass is 436 g/mol. The van der Waals surface area contributed by atoms with Gasteiger partial charge in [-0.05, 0) is 61.7 Å². The van der Waals surface area contributed by atoms with Crippen LogP contribution in [0.3, 0.4) is 0 Å². The summed E-state index contributed by atoms with van der Waals surface area (Å²) in [7, 11) is 1.61. The Morgan fingerprint density at radius 1 is 1.09 bits per heavy atom. The van der Waals surface area contributed by atoms with Crippen molar-refractivity contribution in [2.24, 2.45) is 0 Å². The predicted molar refractivity (Wildman–Crippen MR) is 118 cm³/mol. The molecule has 4 rings (SSSR count). The lowest BCUT2D eigenvalue weighted by Crippen LogP contribution is -2.39. The van der Waals surface area contributed by atoms with Crippen LogP contribution in [0.1, 0.15) is 45.2 Å². The van der Waals surface area contributed by atoms with Crippen molar-refractivity contribution in [1.82, 2.24) is 14.7 Å². The number of nitrogens with zero attached hydrogens (tertiary/aromatic N) is 3. The van der Waals surface area contributed by atoms with Crippen molar-refractivity contribution in [3.63, 3.8) is 0 Å². The summed E-state index contributed by atoms with van der Waals surface area (Å²) in [6, 6.07) is 12.8. The lowest BCUT2D eigenvalue weighted by atomic mass is 10.0. The molecule has 1 fully saturated rings. The molecule has 0 bridgehead atoms. The second-order valence-corrected chi connectivity index (χ2v) is 7.83. The molecule has 0 spiro atoms. The third kappa shape index (κ3) is 4.49. The number of benzene rings is 2. The first-order valence-corrected chi connectivity index (χ1v) is 10.5. The molecule has 1 N–H and O–H groups in total. The van der Waals surface area contributed by atoms with Gasteiger partial charge >= 0.3 is 0 Å². The van der Waals surface area contributed by atoms with E-state index in [4.69, 9.17) is 4.74 Å². The summed E-state index contributed by atoms with van der Waals surface area (Å²) in [4.78, 5) is 27.2. The van der Waals surface area contributed by atoms with Crippen molar-refractivity contribution < 1.29 is 18.7 Å². The maximum atomic E-state index is 13.4. The summed E-state index contributed by atoms with van der Waals surface area (Å²) >= 11 is 0. The molecule has 166 valence electrons. The zero-order valence-electron chi connectivity index (χ0n) is 18.0. The number of likely N-dealkylation sites (tertiary alicyclic amines) is 1. The first-order chi connectivity index (χ1) is 15.5. The minimum Gasteiger partial charge on any atom is -0.496 e. The van der Waals surface area contributed by atoms with Crippen LogP contribution < -0.4 is 10.1 Å². The van der Waals surface area contributed by atoms with Gasteiger partial charge in [0.25, 0.3) is 11.8 Å². The minimum absolute atomic E-state index is 0.00528. The van der Waals surface area contributed by atoms with Crippen LogP contribution in [-0.2, 0) is 0 Å². The van der Waals surface area contributed by atoms with Crippen LogP contribution in [0.2, 0.25) is 0 Å². The Bertz CT molecular complexity index is 1140. The first kappa shape index (κ1) is 21.5. The molecular formula is C24H25FN4O3. The fourth-order valence-corrected chi connectivity index (χ4v) is 4.03. The van der Waals surface area contributed by atoms with Crippen molar-refractivity contribution in [2.75, 3.05) is 25.5 Å². The number of carbonyl (C=O) groups excluding carboxylic acids is 2. The summed E-state index contributed by atoms with van der Waals surface area (Å²) in [6.07, 6.45) is 3.05. The third-order valence-electron chi connectivity index (χ3n) is 5.74. The Labute approximate surface area is 185 Å². The van der Waals surface area contributed by atoms with E-state index in [1.165, 1.54) is 18.2 Å². The number of methoxy groups -OCH3 is 1. The van der Waals surface area contributed by atoms with Gasteiger partial charge in [0.15, 0.2) is 0 Å². The van der Waals surface area contributed by atoms with E-state index in [0.29, 0.717) is 37.3 Å². The van der Waals surface area contributed by atoms with E-state index in [2.05, 4.69) is 10.4 Å². The maximum absolute atomic E-state index is 13.4. The van der Waals surface area contributed by atoms with Crippen molar-refractivity contribution in [1.29, 1.82) is 0 Å². The molecule has 1 aliphatic rings. The van der Waals surface area contributed by atoms with Crippen molar-refractivity contribution in [3.05, 3.63) is 77.2 Å². The lowest BCUT2D eigenvalue weighted by Gasteiger charge is -2.33. The number of carbonyl (C=O) groups is 2. The highest BCUT2D eigenvalue weighted by atomic mass is 19.1. The van der Waals surface area contributed by atoms with Crippen LogP contribution in [0.5, 0.6) is 5.75 Å². The Morgan fingerprint density at radius 2 is 1.88 bits per heavy atom. The van der Waals surface area contributed by atoms with E-state index >= 15 is 0 Å². The molecule has 3 aromatic rings. The Hall–Kier alpha value is -3.68. The molecule has 0 unspecified atom stereocenters. The molecule has 7 nitrogen and oxygen atoms in total. The Morgan fingerprint density at radius 3 is 2.56 bits per heavy atom. The standard InChI is InChI=1S/C24H25FN4O3/c1-16-14-18(6-7-21(16)32-2)24(31)28-12-9-20(10-13-28)29-22(8-11-26-29)27-23(30)17-4-3-5-19(25)15-17/h3-8,11,14-15,20H,9-10,12-13H2,1-2H3,(H,27,30). The van der Waals surface area contributed by atoms with E-state index in [1.54, 1.807) is 36.2 Å². The van der Waals surface area contributed by atoms with Crippen LogP contribution in [-0.4, -0.2) is 46.7 Å². The van der Waals surface area contributed by atoms with Crippen LogP contribution in [0.4, 0.5) is 10.2 Å². The van der Waals surface area contributed by atoms with Crippen LogP contribution >= 0.6 is 0 Å². The largest absolute Gasteiger partial charge is 0.496 e. The van der Waals surface area contributed by atoms with E-state index in [0.717, 1.165) is 11.3 Å². The number of hydrogen-bond donors (Lipinski definition) is 1. The lowest BCUT2D eigenvalue weighted by molar-refractivity contribution is 0.0691. The van der Waals surface area contributed by atoms with E-state index in [9.17, 15) is 14.0 Å². The van der Waals surface area contributed by atoms with Crippen molar-refractivity contribution in [2.45, 2.75) is 25.8 Å². The SMILES string of the molecule is COc1ccc(C(=O)N2CCC(n3nccc3NC(=O)c3cccc(F)c3)CC2)cc1C. The number of rotatable bonds is 5. The third-order valence-corrected chi connectivity index (χ3v) is 5.74. The minimum atomic E-state index is -0.463. The van der Waals surface area contributed by atoms with E-state index in [-0.39, 0.29) is 17.5 Å². The van der Waals surface area contributed by atoms with Gasteiger partial charge in [-0.3, -0.25) is 9.59 Å². The molecule has 1 aromatic heterocycles. The number of aromatic nitrogens is 2. The summed E-state index contributed by atoms with van der Waals surface area (Å²) in [5.74, 6) is 0.444. The molecule has 0 atom stereocenters. The van der Waals surface area contributed by atoms with Crippen LogP contribution in [0.15, 0.2) is 54.7 Å². The second-order valence-electron chi connectivity index (χ2n) is 7.83. The highest BCUT2D eigenvalue weighted by Gasteiger charge is 2.26. The number of halogens is 1. The molecule has 2 aromatic carbocycles. The quantitative estimate of drug-likeness (QED) is 0.654. The van der Waals surface area contributed by atoms with Gasteiger partial charge in [0.1, 0.15) is 17.4 Å². The molecule has 8 heteroatoms. The smallest absolute Gasteiger partial charge is 0.256 e. The zero-order valence-corrected chi connectivity index (χ0v) is 18.0. The summed E-state index contributed by atoms with van der Waals surface area (Å²) in [5.41, 5.74) is 1.81. The average molecular weight is 436 g/mol. The average Bonchev–Trinajstić information content (AvgIpc) is 3.26. The van der Waals surface area contributed by atoms with Crippen LogP contribution in [0, 0.1) is 12.7 Å². The molecule has 2 heterocycles. The predicted octanol–water partition coefficient (Wildman–Crippen LogP) is 4.07. The van der Waals surface area contributed by atoms with Gasteiger partial charge in [-0.2, -0.15) is 5.10 Å². The number of anilines is 1. The summed E-state index contributed by atoms with van der Waals surface area (Å²) in [5, 5.41) is 7.18. The highest BCUT2D eigenvalue weighted by molar-refractivity contribution is 6.03. The number of hydrogen-bond acceptors (Lipinski definition) is 4. The molecule has 0 saturated carbocycles. The normalized spacial score (nSPS) is 14.3. The van der Waals surface area contributed by atoms with Gasteiger partial charge in [-0.1, -0.05) is 6.07 Å². The molecular weight excluding hydrogens is 411 g/mol. The molecule has 1 aliphatic heterocycles. The maximum Gasteiger partial charge on any atom is 0.256 e. The number of nitrogens with one attached hydrogen (secondary N) is 1. The Balaban J connectivity index is 1.40. The fourth-order valence-electron chi connectivity index (χ4n) is 4.03. The van der Waals surface area contributed by atoms with Gasteiger partial charge in [0.05, 0.1) is 19.3 Å². The molecule has 1 saturated heterocycles. The van der Waals surface area contributed by atoms with Crippen LogP contribution in [0.25, 0.3) is 0 Å². The number of ether oxygens (including phenoxy) is 1. The number of aryl methyl sites for hydroxylation is 1. The fraction of sp³-hybridized carbons (Fsp3) is 0.292. The topological polar surface area (TPSA) is 76.5 Å². The molecule has 0 aliphatic carbocycles. The van der Waals surface area contributed by atoms with Gasteiger partial charge in [-0.15, -0.1) is 0 Å². The molecule has 2 amide bonds. The first-order valence-electron chi connectivity index (χ1n) is 10.5. The zero-order chi connectivity index (χ0) is 22.7. The van der Waals surface area contributed by atoms with Crippen molar-refractivity contribution >= 4 is 17.6 Å². The molecule has 32 heavy (non-hydrogen) atoms. The summed E-state index contributed by atoms with van der Waals surface area (Å²) in [6.45, 7) is 3.09. The Kier molecular flexibility index (Phi) is 6.20.